The van der Waals surface area contributed by atoms with Crippen LogP contribution in [0.15, 0.2) is 48.5 Å². The van der Waals surface area contributed by atoms with E-state index < -0.39 is 12.5 Å². The first kappa shape index (κ1) is 23.2. The molecule has 0 radical (unpaired) electrons. The van der Waals surface area contributed by atoms with Crippen molar-refractivity contribution in [3.8, 4) is 5.75 Å². The molecule has 2 amide bonds. The van der Waals surface area contributed by atoms with Crippen LogP contribution in [0.25, 0.3) is 0 Å². The number of para-hydroxylation sites is 1. The number of halogens is 2. The lowest BCUT2D eigenvalue weighted by molar-refractivity contribution is -0.121. The zero-order chi connectivity index (χ0) is 23.2. The third kappa shape index (κ3) is 6.07. The van der Waals surface area contributed by atoms with Crippen molar-refractivity contribution in [1.29, 1.82) is 0 Å². The number of hydrogen-bond acceptors (Lipinski definition) is 4. The Labute approximate surface area is 192 Å². The monoisotopic (exact) mass is 457 g/mol. The van der Waals surface area contributed by atoms with E-state index in [0.29, 0.717) is 19.4 Å². The van der Waals surface area contributed by atoms with Crippen molar-refractivity contribution in [2.45, 2.75) is 38.8 Å². The number of carbonyl (C=O) groups is 2. The van der Waals surface area contributed by atoms with Gasteiger partial charge in [0.05, 0.1) is 11.5 Å². The number of nitrogens with one attached hydrogen (secondary N) is 1. The zero-order valence-electron chi connectivity index (χ0n) is 18.5. The summed E-state index contributed by atoms with van der Waals surface area (Å²) < 4.78 is 29.9. The first-order valence-corrected chi connectivity index (χ1v) is 11.4. The number of anilines is 1. The molecule has 4 rings (SSSR count). The molecule has 33 heavy (non-hydrogen) atoms. The summed E-state index contributed by atoms with van der Waals surface area (Å²) in [5.41, 5.74) is 1.98. The summed E-state index contributed by atoms with van der Waals surface area (Å²) in [5, 5.41) is 2.99. The highest BCUT2D eigenvalue weighted by molar-refractivity contribution is 5.98. The van der Waals surface area contributed by atoms with E-state index in [0.717, 1.165) is 30.9 Å². The summed E-state index contributed by atoms with van der Waals surface area (Å²) in [5.74, 6) is -1.06. The van der Waals surface area contributed by atoms with Gasteiger partial charge in [-0.05, 0) is 68.6 Å². The SMILES string of the molecule is O=C(Nc1cccc(CN2CCCC2)c1)C1CCCN(C(=O)c2ccccc2OC(F)F)C1. The van der Waals surface area contributed by atoms with Gasteiger partial charge in [-0.15, -0.1) is 0 Å². The molecule has 2 aromatic rings. The van der Waals surface area contributed by atoms with Crippen LogP contribution in [0.3, 0.4) is 0 Å². The van der Waals surface area contributed by atoms with Gasteiger partial charge in [-0.3, -0.25) is 14.5 Å². The van der Waals surface area contributed by atoms with E-state index in [4.69, 9.17) is 0 Å². The number of carbonyl (C=O) groups excluding carboxylic acids is 2. The van der Waals surface area contributed by atoms with E-state index in [1.54, 1.807) is 17.0 Å². The molecule has 1 N–H and O–H groups in total. The van der Waals surface area contributed by atoms with Gasteiger partial charge in [0.25, 0.3) is 5.91 Å². The highest BCUT2D eigenvalue weighted by atomic mass is 19.3. The van der Waals surface area contributed by atoms with Crippen molar-refractivity contribution < 1.29 is 23.1 Å². The number of alkyl halides is 2. The summed E-state index contributed by atoms with van der Waals surface area (Å²) in [6.07, 6.45) is 3.78. The fourth-order valence-corrected chi connectivity index (χ4v) is 4.58. The minimum Gasteiger partial charge on any atom is -0.434 e. The molecule has 0 bridgehead atoms. The second-order valence-corrected chi connectivity index (χ2v) is 8.64. The van der Waals surface area contributed by atoms with Crippen LogP contribution in [0.2, 0.25) is 0 Å². The van der Waals surface area contributed by atoms with Gasteiger partial charge in [-0.1, -0.05) is 24.3 Å². The lowest BCUT2D eigenvalue weighted by atomic mass is 9.96. The zero-order valence-corrected chi connectivity index (χ0v) is 18.5. The van der Waals surface area contributed by atoms with Crippen LogP contribution < -0.4 is 10.1 Å². The number of amides is 2. The third-order valence-electron chi connectivity index (χ3n) is 6.21. The highest BCUT2D eigenvalue weighted by Crippen LogP contribution is 2.26. The van der Waals surface area contributed by atoms with E-state index in [1.807, 2.05) is 18.2 Å². The van der Waals surface area contributed by atoms with Gasteiger partial charge >= 0.3 is 6.61 Å². The summed E-state index contributed by atoms with van der Waals surface area (Å²) in [6.45, 7) is 0.773. The van der Waals surface area contributed by atoms with Gasteiger partial charge in [0.15, 0.2) is 0 Å². The van der Waals surface area contributed by atoms with Crippen molar-refractivity contribution in [2.24, 2.45) is 5.92 Å². The minimum atomic E-state index is -3.01. The minimum absolute atomic E-state index is 0.0773. The molecule has 2 aromatic carbocycles. The summed E-state index contributed by atoms with van der Waals surface area (Å²) in [6, 6.07) is 13.8. The van der Waals surface area contributed by atoms with E-state index in [2.05, 4.69) is 21.0 Å². The second kappa shape index (κ2) is 10.7. The van der Waals surface area contributed by atoms with E-state index >= 15 is 0 Å². The maximum absolute atomic E-state index is 13.0. The summed E-state index contributed by atoms with van der Waals surface area (Å²) in [7, 11) is 0. The Kier molecular flexibility index (Phi) is 7.54. The molecular weight excluding hydrogens is 428 g/mol. The Morgan fingerprint density at radius 3 is 2.61 bits per heavy atom. The molecule has 2 aliphatic rings. The fourth-order valence-electron chi connectivity index (χ4n) is 4.58. The molecule has 0 saturated carbocycles. The van der Waals surface area contributed by atoms with Gasteiger partial charge in [-0.25, -0.2) is 0 Å². The standard InChI is InChI=1S/C25H29F2N3O3/c26-25(27)33-22-11-2-1-10-21(22)24(32)30-14-6-8-19(17-30)23(31)28-20-9-5-7-18(15-20)16-29-12-3-4-13-29/h1-2,5,7,9-11,15,19,25H,3-4,6,8,12-14,16-17H2,(H,28,31). The lowest BCUT2D eigenvalue weighted by Crippen LogP contribution is -2.43. The summed E-state index contributed by atoms with van der Waals surface area (Å²) in [4.78, 5) is 29.9. The molecule has 2 saturated heterocycles. The molecular formula is C25H29F2N3O3. The predicted molar refractivity (Wildman–Crippen MR) is 121 cm³/mol. The van der Waals surface area contributed by atoms with Gasteiger partial charge in [0.1, 0.15) is 5.75 Å². The normalized spacial score (nSPS) is 19.0. The lowest BCUT2D eigenvalue weighted by Gasteiger charge is -2.32. The van der Waals surface area contributed by atoms with Crippen molar-refractivity contribution in [2.75, 3.05) is 31.5 Å². The highest BCUT2D eigenvalue weighted by Gasteiger charge is 2.30. The van der Waals surface area contributed by atoms with E-state index in [-0.39, 0.29) is 29.7 Å². The fraction of sp³-hybridized carbons (Fsp3) is 0.440. The van der Waals surface area contributed by atoms with Crippen LogP contribution >= 0.6 is 0 Å². The van der Waals surface area contributed by atoms with Crippen LogP contribution in [0.1, 0.15) is 41.6 Å². The maximum atomic E-state index is 13.0. The number of likely N-dealkylation sites (tertiary alicyclic amines) is 2. The van der Waals surface area contributed by atoms with Crippen molar-refractivity contribution >= 4 is 17.5 Å². The van der Waals surface area contributed by atoms with Crippen LogP contribution in [0, 0.1) is 5.92 Å². The van der Waals surface area contributed by atoms with Crippen molar-refractivity contribution in [1.82, 2.24) is 9.80 Å². The van der Waals surface area contributed by atoms with Gasteiger partial charge < -0.3 is 15.0 Å². The van der Waals surface area contributed by atoms with Crippen LogP contribution in [-0.2, 0) is 11.3 Å². The average molecular weight is 458 g/mol. The molecule has 8 heteroatoms. The van der Waals surface area contributed by atoms with Gasteiger partial charge in [-0.2, -0.15) is 8.78 Å². The maximum Gasteiger partial charge on any atom is 0.387 e. The van der Waals surface area contributed by atoms with E-state index in [9.17, 15) is 18.4 Å². The average Bonchev–Trinajstić information content (AvgIpc) is 3.32. The smallest absolute Gasteiger partial charge is 0.387 e. The molecule has 1 atom stereocenters. The number of ether oxygens (including phenoxy) is 1. The molecule has 6 nitrogen and oxygen atoms in total. The third-order valence-corrected chi connectivity index (χ3v) is 6.21. The molecule has 0 spiro atoms. The Morgan fingerprint density at radius 1 is 1.03 bits per heavy atom. The van der Waals surface area contributed by atoms with Crippen molar-refractivity contribution in [3.05, 3.63) is 59.7 Å². The topological polar surface area (TPSA) is 61.9 Å². The number of piperidine rings is 1. The first-order chi connectivity index (χ1) is 16.0. The second-order valence-electron chi connectivity index (χ2n) is 8.64. The molecule has 2 fully saturated rings. The predicted octanol–water partition coefficient (Wildman–Crippen LogP) is 4.37. The van der Waals surface area contributed by atoms with Crippen LogP contribution in [0.5, 0.6) is 5.75 Å². The Bertz CT molecular complexity index is 979. The molecule has 1 unspecified atom stereocenters. The Morgan fingerprint density at radius 2 is 1.82 bits per heavy atom. The van der Waals surface area contributed by atoms with Crippen molar-refractivity contribution in [3.63, 3.8) is 0 Å². The summed E-state index contributed by atoms with van der Waals surface area (Å²) >= 11 is 0. The Hall–Kier alpha value is -3.00. The van der Waals surface area contributed by atoms with E-state index in [1.165, 1.54) is 25.0 Å². The van der Waals surface area contributed by atoms with Gasteiger partial charge in [0, 0.05) is 25.3 Å². The number of hydrogen-bond donors (Lipinski definition) is 1. The van der Waals surface area contributed by atoms with Crippen LogP contribution in [0.4, 0.5) is 14.5 Å². The molecule has 0 aliphatic carbocycles. The number of benzene rings is 2. The number of nitrogens with zero attached hydrogens (tertiary/aromatic N) is 2. The first-order valence-electron chi connectivity index (χ1n) is 11.4. The Balaban J connectivity index is 1.38. The van der Waals surface area contributed by atoms with Crippen LogP contribution in [-0.4, -0.2) is 54.4 Å². The molecule has 2 heterocycles. The quantitative estimate of drug-likeness (QED) is 0.671. The number of rotatable bonds is 7. The molecule has 176 valence electrons. The van der Waals surface area contributed by atoms with Gasteiger partial charge in [0.2, 0.25) is 5.91 Å². The molecule has 0 aromatic heterocycles. The largest absolute Gasteiger partial charge is 0.434 e. The molecule has 2 aliphatic heterocycles.